The van der Waals surface area contributed by atoms with Crippen molar-refractivity contribution >= 4 is 39.5 Å². The van der Waals surface area contributed by atoms with Gasteiger partial charge in [-0.3, -0.25) is 37.3 Å². The number of phosphoric acid groups is 2. The van der Waals surface area contributed by atoms with Crippen LogP contribution in [0.3, 0.4) is 0 Å². The van der Waals surface area contributed by atoms with Gasteiger partial charge >= 0.3 is 39.5 Å². The van der Waals surface area contributed by atoms with Gasteiger partial charge in [-0.15, -0.1) is 0 Å². The van der Waals surface area contributed by atoms with Crippen LogP contribution in [0.4, 0.5) is 0 Å². The maximum absolute atomic E-state index is 13.1. The SMILES string of the molecule is CCCCCCCCCCCCC(=O)OC[C@H](COP(=O)(O)OC[C@H](O)COP(=O)(O)OC[C@@H](COC(=O)CCCCCCCCCCCCCC(C)C)OC(=O)CCCCCCCCCCCCCCC(C)C)OC(=O)CCCCCCCCCCCCC(C)CC. The summed E-state index contributed by atoms with van der Waals surface area (Å²) < 4.78 is 68.5. The highest BCUT2D eigenvalue weighted by atomic mass is 31.2. The van der Waals surface area contributed by atoms with Gasteiger partial charge in [-0.2, -0.15) is 0 Å². The summed E-state index contributed by atoms with van der Waals surface area (Å²) in [5.74, 6) is 0.231. The molecule has 0 saturated heterocycles. The zero-order chi connectivity index (χ0) is 68.7. The number of unbranched alkanes of at least 4 members (excludes halogenated alkanes) is 39. The van der Waals surface area contributed by atoms with Crippen molar-refractivity contribution in [3.63, 3.8) is 0 Å². The molecule has 19 heteroatoms. The van der Waals surface area contributed by atoms with Gasteiger partial charge in [0.1, 0.15) is 19.3 Å². The summed E-state index contributed by atoms with van der Waals surface area (Å²) in [5, 5.41) is 10.6. The Hall–Kier alpha value is -1.94. The van der Waals surface area contributed by atoms with Gasteiger partial charge in [-0.25, -0.2) is 9.13 Å². The van der Waals surface area contributed by atoms with Gasteiger partial charge in [0.05, 0.1) is 26.4 Å². The molecular formula is C74H144O17P2. The zero-order valence-corrected chi connectivity index (χ0v) is 62.5. The van der Waals surface area contributed by atoms with E-state index >= 15 is 0 Å². The molecule has 3 unspecified atom stereocenters. The Morgan fingerprint density at radius 1 is 0.312 bits per heavy atom. The number of carbonyl (C=O) groups is 4. The normalized spacial score (nSPS) is 14.4. The van der Waals surface area contributed by atoms with Crippen molar-refractivity contribution in [1.29, 1.82) is 0 Å². The van der Waals surface area contributed by atoms with E-state index in [1.165, 1.54) is 186 Å². The van der Waals surface area contributed by atoms with Crippen LogP contribution in [0.2, 0.25) is 0 Å². The van der Waals surface area contributed by atoms with E-state index in [4.69, 9.17) is 37.0 Å². The fourth-order valence-corrected chi connectivity index (χ4v) is 12.8. The number of aliphatic hydroxyl groups is 1. The molecule has 3 N–H and O–H groups in total. The highest BCUT2D eigenvalue weighted by Crippen LogP contribution is 2.45. The van der Waals surface area contributed by atoms with E-state index < -0.39 is 97.5 Å². The van der Waals surface area contributed by atoms with Gasteiger partial charge < -0.3 is 33.8 Å². The summed E-state index contributed by atoms with van der Waals surface area (Å²) in [4.78, 5) is 72.7. The zero-order valence-electron chi connectivity index (χ0n) is 60.7. The molecule has 0 aliphatic carbocycles. The number of phosphoric ester groups is 2. The monoisotopic (exact) mass is 1370 g/mol. The molecule has 17 nitrogen and oxygen atoms in total. The molecule has 0 aromatic rings. The number of hydrogen-bond donors (Lipinski definition) is 3. The largest absolute Gasteiger partial charge is 0.472 e. The smallest absolute Gasteiger partial charge is 0.462 e. The fraction of sp³-hybridized carbons (Fsp3) is 0.946. The molecular weight excluding hydrogens is 1220 g/mol. The van der Waals surface area contributed by atoms with Crippen LogP contribution in [0.25, 0.3) is 0 Å². The first kappa shape index (κ1) is 91.1. The van der Waals surface area contributed by atoms with Crippen LogP contribution in [0.5, 0.6) is 0 Å². The Balaban J connectivity index is 5.26. The molecule has 552 valence electrons. The highest BCUT2D eigenvalue weighted by Gasteiger charge is 2.30. The Labute approximate surface area is 568 Å². The van der Waals surface area contributed by atoms with Crippen molar-refractivity contribution in [2.75, 3.05) is 39.6 Å². The number of carbonyl (C=O) groups excluding carboxylic acids is 4. The first-order valence-electron chi connectivity index (χ1n) is 38.4. The van der Waals surface area contributed by atoms with Gasteiger partial charge in [0.15, 0.2) is 12.2 Å². The van der Waals surface area contributed by atoms with Crippen molar-refractivity contribution in [3.05, 3.63) is 0 Å². The van der Waals surface area contributed by atoms with Crippen LogP contribution < -0.4 is 0 Å². The quantitative estimate of drug-likeness (QED) is 0.0222. The van der Waals surface area contributed by atoms with Crippen molar-refractivity contribution in [2.24, 2.45) is 17.8 Å². The van der Waals surface area contributed by atoms with Crippen LogP contribution in [0.1, 0.15) is 376 Å². The maximum Gasteiger partial charge on any atom is 0.472 e. The maximum atomic E-state index is 13.1. The Morgan fingerprint density at radius 3 is 0.817 bits per heavy atom. The number of aliphatic hydroxyl groups excluding tert-OH is 1. The summed E-state index contributed by atoms with van der Waals surface area (Å²) in [6.45, 7) is 11.9. The summed E-state index contributed by atoms with van der Waals surface area (Å²) in [7, 11) is -9.91. The topological polar surface area (TPSA) is 237 Å². The lowest BCUT2D eigenvalue weighted by Gasteiger charge is -2.21. The van der Waals surface area contributed by atoms with Gasteiger partial charge in [0, 0.05) is 25.7 Å². The number of esters is 4. The lowest BCUT2D eigenvalue weighted by molar-refractivity contribution is -0.161. The Bertz CT molecular complexity index is 1820. The molecule has 0 heterocycles. The molecule has 0 aromatic carbocycles. The fourth-order valence-electron chi connectivity index (χ4n) is 11.2. The second kappa shape index (κ2) is 64.7. The van der Waals surface area contributed by atoms with Crippen molar-refractivity contribution < 1.29 is 80.2 Å². The van der Waals surface area contributed by atoms with Crippen LogP contribution in [-0.4, -0.2) is 96.7 Å². The van der Waals surface area contributed by atoms with E-state index in [0.717, 1.165) is 108 Å². The van der Waals surface area contributed by atoms with E-state index in [1.807, 2.05) is 0 Å². The van der Waals surface area contributed by atoms with Gasteiger partial charge in [0.25, 0.3) is 0 Å². The Morgan fingerprint density at radius 2 is 0.548 bits per heavy atom. The highest BCUT2D eigenvalue weighted by molar-refractivity contribution is 7.47. The molecule has 93 heavy (non-hydrogen) atoms. The molecule has 0 radical (unpaired) electrons. The van der Waals surface area contributed by atoms with E-state index in [-0.39, 0.29) is 25.7 Å². The average molecular weight is 1370 g/mol. The molecule has 0 fully saturated rings. The van der Waals surface area contributed by atoms with Gasteiger partial charge in [-0.05, 0) is 43.4 Å². The van der Waals surface area contributed by atoms with E-state index in [2.05, 4.69) is 48.5 Å². The molecule has 0 amide bonds. The minimum absolute atomic E-state index is 0.106. The van der Waals surface area contributed by atoms with Crippen molar-refractivity contribution in [1.82, 2.24) is 0 Å². The standard InChI is InChI=1S/C74H144O17P2/c1-8-10-11-12-13-14-27-34-41-48-55-71(76)84-61-69(91-74(79)58-51-44-37-30-23-22-26-33-40-47-54-67(7)9-2)63-88-92(80,81)86-59-68(75)60-87-93(82,83)89-64-70(62-85-72(77)56-49-42-35-28-21-17-19-25-32-39-46-53-66(5)6)90-73(78)57-50-43-36-29-20-16-15-18-24-31-38-45-52-65(3)4/h65-70,75H,8-64H2,1-7H3,(H,80,81)(H,82,83)/t67?,68-,69+,70+/m0/s1. The second-order valence-electron chi connectivity index (χ2n) is 27.9. The molecule has 0 aromatic heterocycles. The third-order valence-corrected chi connectivity index (χ3v) is 19.4. The van der Waals surface area contributed by atoms with Crippen molar-refractivity contribution in [2.45, 2.75) is 394 Å². The third-order valence-electron chi connectivity index (χ3n) is 17.5. The molecule has 0 bridgehead atoms. The van der Waals surface area contributed by atoms with Crippen LogP contribution >= 0.6 is 15.6 Å². The van der Waals surface area contributed by atoms with Gasteiger partial charge in [-0.1, -0.05) is 325 Å². The number of hydrogen-bond acceptors (Lipinski definition) is 15. The van der Waals surface area contributed by atoms with Crippen molar-refractivity contribution in [3.8, 4) is 0 Å². The molecule has 0 aliphatic heterocycles. The molecule has 0 saturated carbocycles. The summed E-state index contributed by atoms with van der Waals surface area (Å²) in [6, 6.07) is 0. The Kier molecular flexibility index (Phi) is 63.4. The third kappa shape index (κ3) is 67.0. The minimum Gasteiger partial charge on any atom is -0.462 e. The summed E-state index contributed by atoms with van der Waals surface area (Å²) >= 11 is 0. The van der Waals surface area contributed by atoms with E-state index in [1.54, 1.807) is 0 Å². The average Bonchev–Trinajstić information content (AvgIpc) is 2.59. The van der Waals surface area contributed by atoms with Crippen LogP contribution in [0, 0.1) is 17.8 Å². The second-order valence-corrected chi connectivity index (χ2v) is 30.8. The molecule has 0 spiro atoms. The minimum atomic E-state index is -4.96. The summed E-state index contributed by atoms with van der Waals surface area (Å²) in [5.41, 5.74) is 0. The first-order chi connectivity index (χ1) is 44.8. The first-order valence-corrected chi connectivity index (χ1v) is 41.4. The van der Waals surface area contributed by atoms with Crippen LogP contribution in [0.15, 0.2) is 0 Å². The predicted octanol–water partition coefficient (Wildman–Crippen LogP) is 21.4. The van der Waals surface area contributed by atoms with Crippen LogP contribution in [-0.2, 0) is 65.4 Å². The molecule has 0 rings (SSSR count). The lowest BCUT2D eigenvalue weighted by Crippen LogP contribution is -2.30. The van der Waals surface area contributed by atoms with Gasteiger partial charge in [0.2, 0.25) is 0 Å². The number of ether oxygens (including phenoxy) is 4. The van der Waals surface area contributed by atoms with E-state index in [0.29, 0.717) is 25.7 Å². The lowest BCUT2D eigenvalue weighted by atomic mass is 9.99. The van der Waals surface area contributed by atoms with E-state index in [9.17, 15) is 43.2 Å². The number of rotatable bonds is 72. The summed E-state index contributed by atoms with van der Waals surface area (Å²) in [6.07, 6.45) is 49.7. The predicted molar refractivity (Wildman–Crippen MR) is 377 cm³/mol. The molecule has 6 atom stereocenters. The molecule has 0 aliphatic rings.